The van der Waals surface area contributed by atoms with Gasteiger partial charge in [-0.1, -0.05) is 30.1 Å². The van der Waals surface area contributed by atoms with Crippen molar-refractivity contribution in [2.24, 2.45) is 0 Å². The van der Waals surface area contributed by atoms with Gasteiger partial charge in [0.2, 0.25) is 5.91 Å². The summed E-state index contributed by atoms with van der Waals surface area (Å²) in [4.78, 5) is 17.3. The smallest absolute Gasteiger partial charge is 0.246 e. The molecule has 1 atom stereocenters. The summed E-state index contributed by atoms with van der Waals surface area (Å²) in [5.74, 6) is -0.155. The molecule has 2 aromatic carbocycles. The fraction of sp³-hybridized carbons (Fsp3) is 0.381. The average molecular weight is 421 g/mol. The molecule has 0 aromatic heterocycles. The largest absolute Gasteiger partial charge is 0.374 e. The van der Waals surface area contributed by atoms with Crippen molar-refractivity contribution in [3.63, 3.8) is 0 Å². The highest BCUT2D eigenvalue weighted by Crippen LogP contribution is 2.23. The van der Waals surface area contributed by atoms with Crippen molar-refractivity contribution in [1.82, 2.24) is 4.90 Å². The highest BCUT2D eigenvalue weighted by atomic mass is 35.5. The van der Waals surface area contributed by atoms with E-state index in [0.29, 0.717) is 15.7 Å². The van der Waals surface area contributed by atoms with Crippen molar-refractivity contribution < 1.29 is 4.79 Å². The zero-order valence-corrected chi connectivity index (χ0v) is 17.7. The lowest BCUT2D eigenvalue weighted by atomic mass is 10.2. The number of hydrogen-bond donors (Lipinski definition) is 2. The molecule has 1 heterocycles. The molecule has 0 saturated carbocycles. The maximum atomic E-state index is 12.4. The second-order valence-electron chi connectivity index (χ2n) is 6.98. The van der Waals surface area contributed by atoms with E-state index in [-0.39, 0.29) is 5.91 Å². The topological polar surface area (TPSA) is 47.6 Å². The predicted molar refractivity (Wildman–Crippen MR) is 119 cm³/mol. The number of amides is 1. The van der Waals surface area contributed by atoms with Gasteiger partial charge in [-0.25, -0.2) is 0 Å². The minimum Gasteiger partial charge on any atom is -0.374 e. The van der Waals surface area contributed by atoms with Crippen molar-refractivity contribution in [3.8, 4) is 0 Å². The number of rotatable bonds is 6. The molecule has 2 N–H and O–H groups in total. The number of anilines is 3. The molecule has 0 unspecified atom stereocenters. The standard InChI is InChI=1S/C21H26Cl2N4O/c1-3-26-8-10-27(11-9-26)20-6-4-18(5-7-20)24-15(2)21(28)25-19-13-16(22)12-17(23)14-19/h4-7,12-15,24H,3,8-11H2,1-2H3,(H,25,28)/t15-/m1/s1. The number of carbonyl (C=O) groups is 1. The minimum atomic E-state index is -0.406. The van der Waals surface area contributed by atoms with Gasteiger partial charge in [-0.15, -0.1) is 0 Å². The summed E-state index contributed by atoms with van der Waals surface area (Å²) in [6.45, 7) is 9.41. The first kappa shape index (κ1) is 20.8. The molecular weight excluding hydrogens is 395 g/mol. The van der Waals surface area contributed by atoms with Crippen molar-refractivity contribution in [3.05, 3.63) is 52.5 Å². The van der Waals surface area contributed by atoms with Gasteiger partial charge >= 0.3 is 0 Å². The third-order valence-electron chi connectivity index (χ3n) is 4.96. The van der Waals surface area contributed by atoms with E-state index in [0.717, 1.165) is 38.4 Å². The van der Waals surface area contributed by atoms with E-state index in [4.69, 9.17) is 23.2 Å². The number of nitrogens with zero attached hydrogens (tertiary/aromatic N) is 2. The van der Waals surface area contributed by atoms with Crippen LogP contribution >= 0.6 is 23.2 Å². The first-order valence-corrected chi connectivity index (χ1v) is 10.3. The fourth-order valence-corrected chi connectivity index (χ4v) is 3.81. The van der Waals surface area contributed by atoms with E-state index in [1.807, 2.05) is 19.1 Å². The van der Waals surface area contributed by atoms with E-state index in [2.05, 4.69) is 39.5 Å². The molecule has 1 fully saturated rings. The Morgan fingerprint density at radius 2 is 1.61 bits per heavy atom. The van der Waals surface area contributed by atoms with Crippen LogP contribution in [0, 0.1) is 0 Å². The fourth-order valence-electron chi connectivity index (χ4n) is 3.28. The molecule has 1 aliphatic rings. The molecule has 1 amide bonds. The molecule has 28 heavy (non-hydrogen) atoms. The Hall–Kier alpha value is -1.95. The summed E-state index contributed by atoms with van der Waals surface area (Å²) >= 11 is 12.0. The van der Waals surface area contributed by atoms with Crippen LogP contribution in [0.2, 0.25) is 10.0 Å². The van der Waals surface area contributed by atoms with Gasteiger partial charge in [0.25, 0.3) is 0 Å². The third kappa shape index (κ3) is 5.53. The Bertz CT molecular complexity index is 784. The van der Waals surface area contributed by atoms with Crippen LogP contribution in [0.25, 0.3) is 0 Å². The SMILES string of the molecule is CCN1CCN(c2ccc(N[C@H](C)C(=O)Nc3cc(Cl)cc(Cl)c3)cc2)CC1. The lowest BCUT2D eigenvalue weighted by Gasteiger charge is -2.35. The lowest BCUT2D eigenvalue weighted by molar-refractivity contribution is -0.116. The summed E-state index contributed by atoms with van der Waals surface area (Å²) < 4.78 is 0. The van der Waals surface area contributed by atoms with Gasteiger partial charge in [-0.05, 0) is 55.9 Å². The number of hydrogen-bond acceptors (Lipinski definition) is 4. The minimum absolute atomic E-state index is 0.155. The number of halogens is 2. The molecule has 0 radical (unpaired) electrons. The Morgan fingerprint density at radius 1 is 1.00 bits per heavy atom. The number of carbonyl (C=O) groups excluding carboxylic acids is 1. The Labute approximate surface area is 176 Å². The maximum absolute atomic E-state index is 12.4. The van der Waals surface area contributed by atoms with E-state index < -0.39 is 6.04 Å². The first-order valence-electron chi connectivity index (χ1n) is 9.55. The van der Waals surface area contributed by atoms with Crippen molar-refractivity contribution in [2.45, 2.75) is 19.9 Å². The van der Waals surface area contributed by atoms with E-state index in [1.165, 1.54) is 5.69 Å². The van der Waals surface area contributed by atoms with Crippen LogP contribution in [0.5, 0.6) is 0 Å². The van der Waals surface area contributed by atoms with Gasteiger partial charge in [0.05, 0.1) is 0 Å². The molecule has 1 aliphatic heterocycles. The van der Waals surface area contributed by atoms with Crippen LogP contribution in [0.3, 0.4) is 0 Å². The third-order valence-corrected chi connectivity index (χ3v) is 5.39. The number of benzene rings is 2. The normalized spacial score (nSPS) is 15.9. The Kier molecular flexibility index (Phi) is 7.05. The van der Waals surface area contributed by atoms with Crippen molar-refractivity contribution in [1.29, 1.82) is 0 Å². The number of likely N-dealkylation sites (N-methyl/N-ethyl adjacent to an activating group) is 1. The molecule has 0 bridgehead atoms. The summed E-state index contributed by atoms with van der Waals surface area (Å²) in [6.07, 6.45) is 0. The van der Waals surface area contributed by atoms with Crippen LogP contribution in [-0.2, 0) is 4.79 Å². The second-order valence-corrected chi connectivity index (χ2v) is 7.85. The molecule has 3 rings (SSSR count). The first-order chi connectivity index (χ1) is 13.4. The van der Waals surface area contributed by atoms with Crippen LogP contribution in [0.4, 0.5) is 17.1 Å². The zero-order chi connectivity index (χ0) is 20.1. The van der Waals surface area contributed by atoms with Crippen LogP contribution < -0.4 is 15.5 Å². The highest BCUT2D eigenvalue weighted by molar-refractivity contribution is 6.35. The predicted octanol–water partition coefficient (Wildman–Crippen LogP) is 4.57. The van der Waals surface area contributed by atoms with E-state index in [1.54, 1.807) is 18.2 Å². The van der Waals surface area contributed by atoms with Crippen LogP contribution in [0.15, 0.2) is 42.5 Å². The van der Waals surface area contributed by atoms with Gasteiger partial charge in [0.1, 0.15) is 6.04 Å². The second kappa shape index (κ2) is 9.50. The number of nitrogens with one attached hydrogen (secondary N) is 2. The lowest BCUT2D eigenvalue weighted by Crippen LogP contribution is -2.46. The van der Waals surface area contributed by atoms with Crippen molar-refractivity contribution >= 4 is 46.2 Å². The Morgan fingerprint density at radius 3 is 2.18 bits per heavy atom. The molecular formula is C21H26Cl2N4O. The molecule has 7 heteroatoms. The molecule has 1 saturated heterocycles. The van der Waals surface area contributed by atoms with Crippen LogP contribution in [-0.4, -0.2) is 49.6 Å². The van der Waals surface area contributed by atoms with E-state index in [9.17, 15) is 4.79 Å². The van der Waals surface area contributed by atoms with Gasteiger partial charge in [0.15, 0.2) is 0 Å². The van der Waals surface area contributed by atoms with Gasteiger partial charge in [-0.3, -0.25) is 4.79 Å². The summed E-state index contributed by atoms with van der Waals surface area (Å²) in [5.41, 5.74) is 2.70. The zero-order valence-electron chi connectivity index (χ0n) is 16.2. The highest BCUT2D eigenvalue weighted by Gasteiger charge is 2.17. The van der Waals surface area contributed by atoms with Crippen molar-refractivity contribution in [2.75, 3.05) is 48.3 Å². The average Bonchev–Trinajstić information content (AvgIpc) is 2.68. The molecule has 2 aromatic rings. The van der Waals surface area contributed by atoms with Gasteiger partial charge < -0.3 is 20.4 Å². The molecule has 0 aliphatic carbocycles. The van der Waals surface area contributed by atoms with E-state index >= 15 is 0 Å². The summed E-state index contributed by atoms with van der Waals surface area (Å²) in [5, 5.41) is 7.04. The van der Waals surface area contributed by atoms with Gasteiger partial charge in [0, 0.05) is 53.3 Å². The molecule has 5 nitrogen and oxygen atoms in total. The molecule has 150 valence electrons. The van der Waals surface area contributed by atoms with Crippen LogP contribution in [0.1, 0.15) is 13.8 Å². The maximum Gasteiger partial charge on any atom is 0.246 e. The summed E-state index contributed by atoms with van der Waals surface area (Å²) in [6, 6.07) is 12.8. The molecule has 0 spiro atoms. The summed E-state index contributed by atoms with van der Waals surface area (Å²) in [7, 11) is 0. The monoisotopic (exact) mass is 420 g/mol. The Balaban J connectivity index is 1.55. The van der Waals surface area contributed by atoms with Gasteiger partial charge in [-0.2, -0.15) is 0 Å². The quantitative estimate of drug-likeness (QED) is 0.717. The number of piperazine rings is 1.